The minimum Gasteiger partial charge on any atom is -0.397 e. The van der Waals surface area contributed by atoms with Crippen LogP contribution in [0.5, 0.6) is 0 Å². The minimum absolute atomic E-state index is 0.250. The summed E-state index contributed by atoms with van der Waals surface area (Å²) >= 11 is 1.69. The van der Waals surface area contributed by atoms with Crippen molar-refractivity contribution in [1.29, 1.82) is 0 Å². The van der Waals surface area contributed by atoms with E-state index < -0.39 is 0 Å². The van der Waals surface area contributed by atoms with E-state index in [-0.39, 0.29) is 6.61 Å². The molecule has 0 radical (unpaired) electrons. The third-order valence-electron chi connectivity index (χ3n) is 0.734. The van der Waals surface area contributed by atoms with Gasteiger partial charge in [-0.15, -0.1) is 11.3 Å². The number of hydrogen-bond acceptors (Lipinski definition) is 3. The summed E-state index contributed by atoms with van der Waals surface area (Å²) in [6.45, 7) is 5.95. The molecule has 0 spiro atoms. The fourth-order valence-corrected chi connectivity index (χ4v) is 1.06. The maximum absolute atomic E-state index is 7.57. The second-order valence-corrected chi connectivity index (χ2v) is 2.89. The van der Waals surface area contributed by atoms with E-state index in [0.717, 1.165) is 10.7 Å². The second kappa shape index (κ2) is 5.38. The van der Waals surface area contributed by atoms with Gasteiger partial charge in [-0.05, 0) is 20.8 Å². The Morgan fingerprint density at radius 1 is 1.60 bits per heavy atom. The average Bonchev–Trinajstić information content (AvgIpc) is 2.17. The van der Waals surface area contributed by atoms with E-state index in [2.05, 4.69) is 10.4 Å². The summed E-state index contributed by atoms with van der Waals surface area (Å²) in [4.78, 5) is 4.13. The van der Waals surface area contributed by atoms with Gasteiger partial charge in [-0.1, -0.05) is 0 Å². The molecule has 0 amide bonds. The van der Waals surface area contributed by atoms with Crippen LogP contribution in [0.25, 0.3) is 0 Å². The number of thiazole rings is 1. The largest absolute Gasteiger partial charge is 0.397 e. The number of rotatable bonds is 0. The number of aromatic nitrogens is 1. The Bertz CT molecular complexity index is 157. The van der Waals surface area contributed by atoms with Crippen LogP contribution >= 0.6 is 11.3 Å². The van der Waals surface area contributed by atoms with Gasteiger partial charge >= 0.3 is 0 Å². The van der Waals surface area contributed by atoms with Crippen LogP contribution < -0.4 is 0 Å². The van der Waals surface area contributed by atoms with Gasteiger partial charge < -0.3 is 5.11 Å². The van der Waals surface area contributed by atoms with Crippen molar-refractivity contribution >= 4 is 11.3 Å². The lowest BCUT2D eigenvalue weighted by Gasteiger charge is -1.71. The molecule has 3 heteroatoms. The molecule has 0 aliphatic heterocycles. The highest BCUT2D eigenvalue weighted by atomic mass is 32.1. The monoisotopic (exact) mass is 159 g/mol. The Labute approximate surface area is 65.6 Å². The van der Waals surface area contributed by atoms with Crippen LogP contribution in [0.3, 0.4) is 0 Å². The predicted octanol–water partition coefficient (Wildman–Crippen LogP) is 1.76. The van der Waals surface area contributed by atoms with E-state index in [1.165, 1.54) is 0 Å². The van der Waals surface area contributed by atoms with Gasteiger partial charge in [-0.2, -0.15) is 0 Å². The van der Waals surface area contributed by atoms with E-state index in [9.17, 15) is 0 Å². The quantitative estimate of drug-likeness (QED) is 0.625. The molecule has 0 bridgehead atoms. The van der Waals surface area contributed by atoms with Crippen molar-refractivity contribution in [2.24, 2.45) is 0 Å². The number of aliphatic hydroxyl groups is 1. The zero-order valence-electron chi connectivity index (χ0n) is 6.59. The van der Waals surface area contributed by atoms with Gasteiger partial charge in [0.25, 0.3) is 0 Å². The number of hydrogen-bond donors (Lipinski definition) is 1. The Morgan fingerprint density at radius 3 is 2.20 bits per heavy atom. The van der Waals surface area contributed by atoms with Gasteiger partial charge in [-0.3, -0.25) is 0 Å². The number of aryl methyl sites for hydroxylation is 2. The first-order valence-corrected chi connectivity index (χ1v) is 4.08. The van der Waals surface area contributed by atoms with Crippen molar-refractivity contribution in [2.75, 3.05) is 6.61 Å². The van der Waals surface area contributed by atoms with Gasteiger partial charge in [-0.25, -0.2) is 4.98 Å². The summed E-state index contributed by atoms with van der Waals surface area (Å²) in [6, 6.07) is 0. The Hall–Kier alpha value is -0.410. The molecule has 0 aliphatic carbocycles. The first-order valence-electron chi connectivity index (χ1n) is 3.20. The summed E-state index contributed by atoms with van der Waals surface area (Å²) in [5.74, 6) is 0. The lowest BCUT2D eigenvalue weighted by Crippen LogP contribution is -1.67. The summed E-state index contributed by atoms with van der Waals surface area (Å²) < 4.78 is 0. The smallest absolute Gasteiger partial charge is 0.0897 e. The van der Waals surface area contributed by atoms with Crippen molar-refractivity contribution in [3.63, 3.8) is 0 Å². The molecule has 0 saturated heterocycles. The molecule has 1 heterocycles. The molecule has 10 heavy (non-hydrogen) atoms. The molecular weight excluding hydrogens is 146 g/mol. The zero-order chi connectivity index (χ0) is 7.98. The van der Waals surface area contributed by atoms with Gasteiger partial charge in [0.1, 0.15) is 0 Å². The SMILES string of the molecule is CCO.Cc1csc(C)n1. The lowest BCUT2D eigenvalue weighted by atomic mass is 10.6. The van der Waals surface area contributed by atoms with Crippen molar-refractivity contribution in [3.05, 3.63) is 16.1 Å². The lowest BCUT2D eigenvalue weighted by molar-refractivity contribution is 0.318. The van der Waals surface area contributed by atoms with E-state index in [4.69, 9.17) is 5.11 Å². The van der Waals surface area contributed by atoms with Crippen LogP contribution in [-0.4, -0.2) is 16.7 Å². The topological polar surface area (TPSA) is 33.1 Å². The van der Waals surface area contributed by atoms with Crippen molar-refractivity contribution in [3.8, 4) is 0 Å². The third kappa shape index (κ3) is 4.47. The maximum atomic E-state index is 7.57. The van der Waals surface area contributed by atoms with E-state index in [1.807, 2.05) is 13.8 Å². The Morgan fingerprint density at radius 2 is 2.10 bits per heavy atom. The standard InChI is InChI=1S/C5H7NS.C2H6O/c1-4-3-7-5(2)6-4;1-2-3/h3H,1-2H3;3H,2H2,1H3. The first kappa shape index (κ1) is 9.59. The van der Waals surface area contributed by atoms with Gasteiger partial charge in [0.05, 0.1) is 5.01 Å². The Kier molecular flexibility index (Phi) is 5.16. The first-order chi connectivity index (χ1) is 4.70. The number of nitrogens with zero attached hydrogens (tertiary/aromatic N) is 1. The summed E-state index contributed by atoms with van der Waals surface area (Å²) in [5, 5.41) is 10.8. The molecule has 1 aromatic heterocycles. The highest BCUT2D eigenvalue weighted by Gasteiger charge is 1.85. The number of aliphatic hydroxyl groups excluding tert-OH is 1. The molecule has 0 saturated carbocycles. The van der Waals surface area contributed by atoms with Gasteiger partial charge in [0.2, 0.25) is 0 Å². The second-order valence-electron chi connectivity index (χ2n) is 1.82. The summed E-state index contributed by atoms with van der Waals surface area (Å²) in [5.41, 5.74) is 1.13. The highest BCUT2D eigenvalue weighted by Crippen LogP contribution is 2.04. The zero-order valence-corrected chi connectivity index (χ0v) is 7.40. The fraction of sp³-hybridized carbons (Fsp3) is 0.571. The van der Waals surface area contributed by atoms with Gasteiger partial charge in [0.15, 0.2) is 0 Å². The van der Waals surface area contributed by atoms with Crippen LogP contribution in [0, 0.1) is 13.8 Å². The fourth-order valence-electron chi connectivity index (χ4n) is 0.472. The van der Waals surface area contributed by atoms with Crippen molar-refractivity contribution < 1.29 is 5.11 Å². The normalized spacial score (nSPS) is 8.40. The molecule has 2 nitrogen and oxygen atoms in total. The summed E-state index contributed by atoms with van der Waals surface area (Å²) in [7, 11) is 0. The molecule has 0 atom stereocenters. The molecule has 1 N–H and O–H groups in total. The molecule has 58 valence electrons. The van der Waals surface area contributed by atoms with E-state index in [0.29, 0.717) is 0 Å². The Balaban J connectivity index is 0.000000236. The molecule has 0 unspecified atom stereocenters. The van der Waals surface area contributed by atoms with Gasteiger partial charge in [0, 0.05) is 17.7 Å². The third-order valence-corrected chi connectivity index (χ3v) is 1.63. The van der Waals surface area contributed by atoms with Crippen molar-refractivity contribution in [2.45, 2.75) is 20.8 Å². The molecular formula is C7H13NOS. The molecule has 0 aliphatic rings. The summed E-state index contributed by atoms with van der Waals surface area (Å²) in [6.07, 6.45) is 0. The molecule has 1 aromatic rings. The van der Waals surface area contributed by atoms with Crippen LogP contribution in [0.1, 0.15) is 17.6 Å². The van der Waals surface area contributed by atoms with E-state index in [1.54, 1.807) is 18.3 Å². The highest BCUT2D eigenvalue weighted by molar-refractivity contribution is 7.09. The predicted molar refractivity (Wildman–Crippen MR) is 44.3 cm³/mol. The van der Waals surface area contributed by atoms with Crippen LogP contribution in [-0.2, 0) is 0 Å². The minimum atomic E-state index is 0.250. The van der Waals surface area contributed by atoms with E-state index >= 15 is 0 Å². The van der Waals surface area contributed by atoms with Crippen LogP contribution in [0.2, 0.25) is 0 Å². The average molecular weight is 159 g/mol. The molecule has 0 aromatic carbocycles. The van der Waals surface area contributed by atoms with Crippen LogP contribution in [0.15, 0.2) is 5.38 Å². The molecule has 1 rings (SSSR count). The van der Waals surface area contributed by atoms with Crippen molar-refractivity contribution in [1.82, 2.24) is 4.98 Å². The maximum Gasteiger partial charge on any atom is 0.0897 e. The molecule has 0 fully saturated rings. The van der Waals surface area contributed by atoms with Crippen LogP contribution in [0.4, 0.5) is 0 Å².